The smallest absolute Gasteiger partial charge is 0.131 e. The van der Waals surface area contributed by atoms with Crippen molar-refractivity contribution in [1.29, 1.82) is 0 Å². The van der Waals surface area contributed by atoms with E-state index in [2.05, 4.69) is 25.7 Å². The summed E-state index contributed by atoms with van der Waals surface area (Å²) in [4.78, 5) is 10.1. The van der Waals surface area contributed by atoms with Gasteiger partial charge in [-0.1, -0.05) is 31.8 Å². The van der Waals surface area contributed by atoms with Crippen LogP contribution < -0.4 is 5.73 Å². The first kappa shape index (κ1) is 11.3. The molecule has 1 rings (SSSR count). The monoisotopic (exact) mass is 201 g/mol. The second-order valence-corrected chi connectivity index (χ2v) is 3.67. The number of carbonyl (C=O) groups is 1. The van der Waals surface area contributed by atoms with Crippen molar-refractivity contribution in [1.82, 2.24) is 0 Å². The van der Waals surface area contributed by atoms with E-state index < -0.39 is 0 Å². The van der Waals surface area contributed by atoms with Crippen molar-refractivity contribution >= 4 is 12.0 Å². The molecule has 78 valence electrons. The molecule has 0 unspecified atom stereocenters. The van der Waals surface area contributed by atoms with E-state index in [9.17, 15) is 4.79 Å². The van der Waals surface area contributed by atoms with Crippen molar-refractivity contribution in [3.05, 3.63) is 29.3 Å². The highest BCUT2D eigenvalue weighted by molar-refractivity contribution is 5.60. The molecule has 0 aliphatic heterocycles. The van der Waals surface area contributed by atoms with Crippen LogP contribution in [0.2, 0.25) is 0 Å². The number of aldehydes is 1. The largest absolute Gasteiger partial charge is 0.398 e. The number of nitrogens with two attached hydrogens (primary N) is 1. The molecule has 2 heteroatoms. The van der Waals surface area contributed by atoms with Crippen molar-refractivity contribution in [3.8, 4) is 11.8 Å². The Balaban J connectivity index is 3.01. The van der Waals surface area contributed by atoms with Crippen LogP contribution in [0.25, 0.3) is 0 Å². The van der Waals surface area contributed by atoms with Crippen LogP contribution in [-0.2, 0) is 4.79 Å². The van der Waals surface area contributed by atoms with Gasteiger partial charge in [0.25, 0.3) is 0 Å². The predicted octanol–water partition coefficient (Wildman–Crippen LogP) is 2.33. The second-order valence-electron chi connectivity index (χ2n) is 3.67. The van der Waals surface area contributed by atoms with Gasteiger partial charge in [0.05, 0.1) is 6.42 Å². The lowest BCUT2D eigenvalue weighted by molar-refractivity contribution is -0.107. The zero-order chi connectivity index (χ0) is 11.3. The van der Waals surface area contributed by atoms with Crippen LogP contribution >= 0.6 is 0 Å². The third kappa shape index (κ3) is 3.14. The molecule has 0 aliphatic rings. The number of carbonyl (C=O) groups excluding carboxylic acids is 1. The molecule has 2 N–H and O–H groups in total. The Morgan fingerprint density at radius 1 is 1.47 bits per heavy atom. The van der Waals surface area contributed by atoms with Crippen molar-refractivity contribution in [3.63, 3.8) is 0 Å². The number of benzene rings is 1. The van der Waals surface area contributed by atoms with Crippen LogP contribution in [0, 0.1) is 11.8 Å². The fraction of sp³-hybridized carbons (Fsp3) is 0.308. The lowest BCUT2D eigenvalue weighted by Crippen LogP contribution is -1.94. The van der Waals surface area contributed by atoms with E-state index in [0.717, 1.165) is 11.8 Å². The Morgan fingerprint density at radius 2 is 2.20 bits per heavy atom. The van der Waals surface area contributed by atoms with Gasteiger partial charge in [0.15, 0.2) is 0 Å². The highest BCUT2D eigenvalue weighted by Gasteiger charge is 2.01. The van der Waals surface area contributed by atoms with Crippen LogP contribution in [0.5, 0.6) is 0 Å². The molecule has 0 spiro atoms. The van der Waals surface area contributed by atoms with Crippen molar-refractivity contribution in [2.75, 3.05) is 5.73 Å². The Labute approximate surface area is 90.5 Å². The summed E-state index contributed by atoms with van der Waals surface area (Å²) < 4.78 is 0. The van der Waals surface area contributed by atoms with Gasteiger partial charge >= 0.3 is 0 Å². The fourth-order valence-corrected chi connectivity index (χ4v) is 1.23. The number of anilines is 1. The molecule has 0 atom stereocenters. The van der Waals surface area contributed by atoms with Crippen LogP contribution in [0.4, 0.5) is 5.69 Å². The van der Waals surface area contributed by atoms with E-state index in [1.54, 1.807) is 0 Å². The van der Waals surface area contributed by atoms with Gasteiger partial charge in [0.2, 0.25) is 0 Å². The molecule has 0 aromatic heterocycles. The van der Waals surface area contributed by atoms with Gasteiger partial charge in [0.1, 0.15) is 6.29 Å². The molecule has 0 heterocycles. The lowest BCUT2D eigenvalue weighted by Gasteiger charge is -2.06. The standard InChI is InChI=1S/C13H15NO/c1-10(2)11-6-7-13(14)12(9-11)5-3-4-8-15/h6-10H,4,14H2,1-2H3. The van der Waals surface area contributed by atoms with Gasteiger partial charge in [-0.25, -0.2) is 0 Å². The third-order valence-electron chi connectivity index (χ3n) is 2.15. The van der Waals surface area contributed by atoms with Gasteiger partial charge in [0, 0.05) is 11.3 Å². The summed E-state index contributed by atoms with van der Waals surface area (Å²) >= 11 is 0. The molecule has 0 bridgehead atoms. The Kier molecular flexibility index (Phi) is 3.93. The highest BCUT2D eigenvalue weighted by Crippen LogP contribution is 2.19. The Bertz CT molecular complexity index is 410. The van der Waals surface area contributed by atoms with E-state index in [1.165, 1.54) is 5.56 Å². The number of nitrogen functional groups attached to an aromatic ring is 1. The van der Waals surface area contributed by atoms with Gasteiger partial charge < -0.3 is 10.5 Å². The summed E-state index contributed by atoms with van der Waals surface area (Å²) in [6, 6.07) is 5.85. The number of rotatable bonds is 2. The summed E-state index contributed by atoms with van der Waals surface area (Å²) in [7, 11) is 0. The van der Waals surface area contributed by atoms with Gasteiger partial charge in [-0.15, -0.1) is 0 Å². The summed E-state index contributed by atoms with van der Waals surface area (Å²) in [6.45, 7) is 4.24. The average Bonchev–Trinajstić information content (AvgIpc) is 2.20. The summed E-state index contributed by atoms with van der Waals surface area (Å²) in [6.07, 6.45) is 1.04. The predicted molar refractivity (Wildman–Crippen MR) is 62.5 cm³/mol. The first-order valence-electron chi connectivity index (χ1n) is 4.97. The zero-order valence-electron chi connectivity index (χ0n) is 9.08. The zero-order valence-corrected chi connectivity index (χ0v) is 9.08. The minimum atomic E-state index is 0.255. The molecule has 0 amide bonds. The van der Waals surface area contributed by atoms with E-state index in [1.807, 2.05) is 18.2 Å². The van der Waals surface area contributed by atoms with Crippen molar-refractivity contribution in [2.24, 2.45) is 0 Å². The molecule has 2 nitrogen and oxygen atoms in total. The van der Waals surface area contributed by atoms with E-state index in [-0.39, 0.29) is 6.42 Å². The fourth-order valence-electron chi connectivity index (χ4n) is 1.23. The quantitative estimate of drug-likeness (QED) is 0.453. The molecule has 0 radical (unpaired) electrons. The number of hydrogen-bond acceptors (Lipinski definition) is 2. The summed E-state index contributed by atoms with van der Waals surface area (Å²) in [5.41, 5.74) is 8.46. The van der Waals surface area contributed by atoms with E-state index in [0.29, 0.717) is 11.6 Å². The molecule has 1 aromatic carbocycles. The molecule has 15 heavy (non-hydrogen) atoms. The van der Waals surface area contributed by atoms with Crippen molar-refractivity contribution < 1.29 is 4.79 Å². The topological polar surface area (TPSA) is 43.1 Å². The van der Waals surface area contributed by atoms with Crippen LogP contribution in [-0.4, -0.2) is 6.29 Å². The maximum Gasteiger partial charge on any atom is 0.131 e. The number of hydrogen-bond donors (Lipinski definition) is 1. The van der Waals surface area contributed by atoms with Gasteiger partial charge in [-0.05, 0) is 23.6 Å². The lowest BCUT2D eigenvalue weighted by atomic mass is 10.00. The van der Waals surface area contributed by atoms with Gasteiger partial charge in [-0.3, -0.25) is 0 Å². The highest BCUT2D eigenvalue weighted by atomic mass is 16.1. The molecular formula is C13H15NO. The van der Waals surface area contributed by atoms with Crippen LogP contribution in [0.15, 0.2) is 18.2 Å². The molecule has 0 aliphatic carbocycles. The molecule has 1 aromatic rings. The van der Waals surface area contributed by atoms with E-state index >= 15 is 0 Å². The minimum absolute atomic E-state index is 0.255. The van der Waals surface area contributed by atoms with Gasteiger partial charge in [-0.2, -0.15) is 0 Å². The maximum atomic E-state index is 10.1. The second kappa shape index (κ2) is 5.21. The Morgan fingerprint density at radius 3 is 2.80 bits per heavy atom. The summed E-state index contributed by atoms with van der Waals surface area (Å²) in [5, 5.41) is 0. The molecular weight excluding hydrogens is 186 g/mol. The maximum absolute atomic E-state index is 10.1. The third-order valence-corrected chi connectivity index (χ3v) is 2.15. The Hall–Kier alpha value is -1.75. The first-order valence-corrected chi connectivity index (χ1v) is 4.97. The van der Waals surface area contributed by atoms with E-state index in [4.69, 9.17) is 5.73 Å². The molecule has 0 saturated carbocycles. The van der Waals surface area contributed by atoms with Crippen LogP contribution in [0.1, 0.15) is 37.3 Å². The first-order chi connectivity index (χ1) is 7.15. The average molecular weight is 201 g/mol. The minimum Gasteiger partial charge on any atom is -0.398 e. The van der Waals surface area contributed by atoms with Crippen LogP contribution in [0.3, 0.4) is 0 Å². The normalized spacial score (nSPS) is 9.53. The molecule has 0 fully saturated rings. The molecule has 0 saturated heterocycles. The summed E-state index contributed by atoms with van der Waals surface area (Å²) in [5.74, 6) is 6.12. The SMILES string of the molecule is CC(C)c1ccc(N)c(C#CCC=O)c1. The van der Waals surface area contributed by atoms with Crippen molar-refractivity contribution in [2.45, 2.75) is 26.2 Å².